The van der Waals surface area contributed by atoms with Crippen molar-refractivity contribution in [1.29, 1.82) is 0 Å². The lowest BCUT2D eigenvalue weighted by atomic mass is 10.0. The summed E-state index contributed by atoms with van der Waals surface area (Å²) in [5, 5.41) is 11.6. The summed E-state index contributed by atoms with van der Waals surface area (Å²) in [6.45, 7) is 1.76. The highest BCUT2D eigenvalue weighted by Crippen LogP contribution is 2.27. The molecule has 0 unspecified atom stereocenters. The molecule has 1 aromatic carbocycles. The summed E-state index contributed by atoms with van der Waals surface area (Å²) < 4.78 is 5.42. The Hall–Kier alpha value is -2.93. The fourth-order valence-electron chi connectivity index (χ4n) is 2.76. The number of benzene rings is 1. The van der Waals surface area contributed by atoms with E-state index in [2.05, 4.69) is 10.3 Å². The molecule has 1 aliphatic rings. The normalized spacial score (nSPS) is 14.8. The van der Waals surface area contributed by atoms with E-state index < -0.39 is 12.6 Å². The van der Waals surface area contributed by atoms with E-state index in [-0.39, 0.29) is 5.91 Å². The molecule has 2 N–H and O–H groups in total. The summed E-state index contributed by atoms with van der Waals surface area (Å²) in [4.78, 5) is 28.5. The van der Waals surface area contributed by atoms with Crippen LogP contribution in [0.4, 0.5) is 0 Å². The van der Waals surface area contributed by atoms with Gasteiger partial charge < -0.3 is 15.2 Å². The van der Waals surface area contributed by atoms with E-state index >= 15 is 0 Å². The van der Waals surface area contributed by atoms with Crippen LogP contribution < -0.4 is 10.1 Å². The summed E-state index contributed by atoms with van der Waals surface area (Å²) in [6.07, 6.45) is 3.48. The largest absolute Gasteiger partial charge is 0.482 e. The first kappa shape index (κ1) is 16.9. The molecular formula is C18H19N3O4. The van der Waals surface area contributed by atoms with Crippen molar-refractivity contribution in [3.8, 4) is 16.9 Å². The molecule has 1 fully saturated rings. The fraction of sp³-hybridized carbons (Fsp3) is 0.278. The van der Waals surface area contributed by atoms with Crippen molar-refractivity contribution < 1.29 is 19.4 Å². The van der Waals surface area contributed by atoms with Crippen LogP contribution in [0.5, 0.6) is 5.75 Å². The number of nitrogens with one attached hydrogen (secondary N) is 1. The van der Waals surface area contributed by atoms with Crippen LogP contribution in [0.1, 0.15) is 5.56 Å². The molecule has 7 heteroatoms. The molecule has 7 nitrogen and oxygen atoms in total. The highest BCUT2D eigenvalue weighted by molar-refractivity contribution is 5.78. The van der Waals surface area contributed by atoms with Crippen LogP contribution in [-0.2, 0) is 16.1 Å². The molecule has 1 aliphatic heterocycles. The van der Waals surface area contributed by atoms with Gasteiger partial charge in [0, 0.05) is 43.2 Å². The van der Waals surface area contributed by atoms with Crippen LogP contribution >= 0.6 is 0 Å². The summed E-state index contributed by atoms with van der Waals surface area (Å²) in [7, 11) is 0. The van der Waals surface area contributed by atoms with E-state index in [0.717, 1.165) is 23.2 Å². The molecular weight excluding hydrogens is 322 g/mol. The van der Waals surface area contributed by atoms with Crippen molar-refractivity contribution in [3.63, 3.8) is 0 Å². The highest BCUT2D eigenvalue weighted by Gasteiger charge is 2.18. The first-order valence-electron chi connectivity index (χ1n) is 7.99. The van der Waals surface area contributed by atoms with Crippen LogP contribution in [0.3, 0.4) is 0 Å². The van der Waals surface area contributed by atoms with Gasteiger partial charge in [-0.05, 0) is 23.8 Å². The lowest BCUT2D eigenvalue weighted by molar-refractivity contribution is -0.139. The molecule has 130 valence electrons. The van der Waals surface area contributed by atoms with E-state index in [4.69, 9.17) is 9.84 Å². The van der Waals surface area contributed by atoms with Crippen LogP contribution in [0.25, 0.3) is 11.1 Å². The van der Waals surface area contributed by atoms with E-state index in [9.17, 15) is 9.59 Å². The van der Waals surface area contributed by atoms with Gasteiger partial charge in [0.1, 0.15) is 5.75 Å². The number of carboxylic acid groups (broad SMARTS) is 1. The molecule has 25 heavy (non-hydrogen) atoms. The maximum Gasteiger partial charge on any atom is 0.341 e. The maximum atomic E-state index is 11.6. The molecule has 2 aromatic rings. The lowest BCUT2D eigenvalue weighted by Crippen LogP contribution is -2.47. The van der Waals surface area contributed by atoms with Gasteiger partial charge in [0.15, 0.2) is 6.61 Å². The summed E-state index contributed by atoms with van der Waals surface area (Å²) >= 11 is 0. The molecule has 1 aromatic heterocycles. The van der Waals surface area contributed by atoms with E-state index in [1.807, 2.05) is 29.2 Å². The number of piperazine rings is 1. The molecule has 0 saturated carbocycles. The van der Waals surface area contributed by atoms with Gasteiger partial charge in [0.2, 0.25) is 5.91 Å². The second-order valence-electron chi connectivity index (χ2n) is 5.81. The third-order valence-electron chi connectivity index (χ3n) is 3.92. The third kappa shape index (κ3) is 4.54. The number of hydrogen-bond donors (Lipinski definition) is 2. The number of hydrogen-bond acceptors (Lipinski definition) is 5. The van der Waals surface area contributed by atoms with Crippen LogP contribution in [0, 0.1) is 0 Å². The Morgan fingerprint density at radius 3 is 2.92 bits per heavy atom. The first-order chi connectivity index (χ1) is 12.1. The number of pyridine rings is 1. The van der Waals surface area contributed by atoms with Gasteiger partial charge in [0.05, 0.1) is 6.54 Å². The van der Waals surface area contributed by atoms with Gasteiger partial charge in [0.25, 0.3) is 0 Å². The maximum absolute atomic E-state index is 11.6. The molecule has 1 saturated heterocycles. The molecule has 3 rings (SSSR count). The number of nitrogens with zero attached hydrogens (tertiary/aromatic N) is 2. The predicted molar refractivity (Wildman–Crippen MR) is 91.1 cm³/mol. The summed E-state index contributed by atoms with van der Waals surface area (Å²) in [5.41, 5.74) is 2.77. The molecule has 1 amide bonds. The van der Waals surface area contributed by atoms with Crippen molar-refractivity contribution in [3.05, 3.63) is 48.3 Å². The standard InChI is InChI=1S/C18H19N3O4/c22-17-11-21(7-6-20-17)10-15-8-13(14-2-1-5-19-9-14)3-4-16(15)25-12-18(23)24/h1-5,8-9H,6-7,10-12H2,(H,20,22)(H,23,24). The minimum absolute atomic E-state index is 0.0114. The van der Waals surface area contributed by atoms with Gasteiger partial charge in [-0.15, -0.1) is 0 Å². The van der Waals surface area contributed by atoms with Crippen molar-refractivity contribution in [2.75, 3.05) is 26.2 Å². The van der Waals surface area contributed by atoms with Gasteiger partial charge in [-0.3, -0.25) is 14.7 Å². The average Bonchev–Trinajstić information content (AvgIpc) is 2.61. The number of carbonyl (C=O) groups is 2. The molecule has 0 bridgehead atoms. The summed E-state index contributed by atoms with van der Waals surface area (Å²) in [6, 6.07) is 9.42. The predicted octanol–water partition coefficient (Wildman–Crippen LogP) is 1.14. The monoisotopic (exact) mass is 341 g/mol. The lowest BCUT2D eigenvalue weighted by Gasteiger charge is -2.27. The zero-order valence-electron chi connectivity index (χ0n) is 13.6. The highest BCUT2D eigenvalue weighted by atomic mass is 16.5. The number of aromatic nitrogens is 1. The Bertz CT molecular complexity index is 764. The van der Waals surface area contributed by atoms with E-state index in [0.29, 0.717) is 25.4 Å². The third-order valence-corrected chi connectivity index (χ3v) is 3.92. The fourth-order valence-corrected chi connectivity index (χ4v) is 2.76. The van der Waals surface area contributed by atoms with Crippen molar-refractivity contribution in [2.24, 2.45) is 0 Å². The van der Waals surface area contributed by atoms with Gasteiger partial charge in [-0.2, -0.15) is 0 Å². The minimum atomic E-state index is -1.03. The molecule has 0 spiro atoms. The number of carboxylic acids is 1. The molecule has 2 heterocycles. The topological polar surface area (TPSA) is 91.8 Å². The van der Waals surface area contributed by atoms with E-state index in [1.54, 1.807) is 18.5 Å². The SMILES string of the molecule is O=C(O)COc1ccc(-c2cccnc2)cc1CN1CCNC(=O)C1. The van der Waals surface area contributed by atoms with Crippen LogP contribution in [-0.4, -0.2) is 53.1 Å². The summed E-state index contributed by atoms with van der Waals surface area (Å²) in [5.74, 6) is -0.525. The Balaban J connectivity index is 1.87. The quantitative estimate of drug-likeness (QED) is 0.819. The van der Waals surface area contributed by atoms with Crippen LogP contribution in [0.2, 0.25) is 0 Å². The smallest absolute Gasteiger partial charge is 0.341 e. The van der Waals surface area contributed by atoms with Crippen molar-refractivity contribution in [2.45, 2.75) is 6.54 Å². The zero-order chi connectivity index (χ0) is 17.6. The Morgan fingerprint density at radius 2 is 2.20 bits per heavy atom. The Morgan fingerprint density at radius 1 is 1.32 bits per heavy atom. The number of aliphatic carboxylic acids is 1. The molecule has 0 atom stereocenters. The molecule has 0 aliphatic carbocycles. The second-order valence-corrected chi connectivity index (χ2v) is 5.81. The van der Waals surface area contributed by atoms with Crippen LogP contribution in [0.15, 0.2) is 42.7 Å². The van der Waals surface area contributed by atoms with Gasteiger partial charge in [-0.1, -0.05) is 12.1 Å². The van der Waals surface area contributed by atoms with Crippen molar-refractivity contribution >= 4 is 11.9 Å². The Kier molecular flexibility index (Phi) is 5.25. The zero-order valence-corrected chi connectivity index (χ0v) is 13.6. The van der Waals surface area contributed by atoms with Gasteiger partial charge >= 0.3 is 5.97 Å². The second kappa shape index (κ2) is 7.76. The number of carbonyl (C=O) groups excluding carboxylic acids is 1. The van der Waals surface area contributed by atoms with Gasteiger partial charge in [-0.25, -0.2) is 4.79 Å². The van der Waals surface area contributed by atoms with E-state index in [1.165, 1.54) is 0 Å². The number of amides is 1. The average molecular weight is 341 g/mol. The van der Waals surface area contributed by atoms with Crippen molar-refractivity contribution in [1.82, 2.24) is 15.2 Å². The Labute approximate surface area is 145 Å². The minimum Gasteiger partial charge on any atom is -0.482 e. The number of rotatable bonds is 6. The molecule has 0 radical (unpaired) electrons. The number of ether oxygens (including phenoxy) is 1. The first-order valence-corrected chi connectivity index (χ1v) is 7.99.